The molecule has 1 unspecified atom stereocenters. The number of nitrogens with one attached hydrogen (secondary N) is 2. The average Bonchev–Trinajstić information content (AvgIpc) is 3.64. The number of hydrogen-bond acceptors (Lipinski definition) is 5. The number of aromatic nitrogens is 2. The summed E-state index contributed by atoms with van der Waals surface area (Å²) in [6.07, 6.45) is 11.1. The van der Waals surface area contributed by atoms with Gasteiger partial charge in [-0.25, -0.2) is 9.78 Å². The molecular formula is C32H34N4O5. The zero-order valence-corrected chi connectivity index (χ0v) is 23.2. The van der Waals surface area contributed by atoms with Crippen LogP contribution in [0.5, 0.6) is 0 Å². The van der Waals surface area contributed by atoms with E-state index in [1.54, 1.807) is 68.8 Å². The van der Waals surface area contributed by atoms with Crippen molar-refractivity contribution in [1.29, 1.82) is 0 Å². The van der Waals surface area contributed by atoms with Crippen LogP contribution in [0.4, 0.5) is 5.69 Å². The summed E-state index contributed by atoms with van der Waals surface area (Å²) in [5.74, 6) is -0.914. The number of rotatable bonds is 9. The van der Waals surface area contributed by atoms with Gasteiger partial charge >= 0.3 is 5.97 Å². The van der Waals surface area contributed by atoms with Crippen molar-refractivity contribution in [2.45, 2.75) is 64.5 Å². The quantitative estimate of drug-likeness (QED) is 0.205. The van der Waals surface area contributed by atoms with Gasteiger partial charge in [0, 0.05) is 22.9 Å². The second-order valence-electron chi connectivity index (χ2n) is 10.5. The second kappa shape index (κ2) is 12.2. The number of carbonyl (C=O) groups excluding carboxylic acids is 2. The molecular weight excluding hydrogens is 520 g/mol. The number of carboxylic acids is 1. The Labute approximate surface area is 238 Å². The van der Waals surface area contributed by atoms with E-state index < -0.39 is 17.9 Å². The summed E-state index contributed by atoms with van der Waals surface area (Å²) in [6.45, 7) is 3.39. The number of carbonyl (C=O) groups is 3. The van der Waals surface area contributed by atoms with Gasteiger partial charge in [-0.2, -0.15) is 0 Å². The maximum absolute atomic E-state index is 13.1. The number of imidazole rings is 1. The second-order valence-corrected chi connectivity index (χ2v) is 10.5. The summed E-state index contributed by atoms with van der Waals surface area (Å²) >= 11 is 0. The Morgan fingerprint density at radius 2 is 1.93 bits per heavy atom. The lowest BCUT2D eigenvalue weighted by Crippen LogP contribution is -2.41. The van der Waals surface area contributed by atoms with Crippen LogP contribution in [-0.4, -0.2) is 38.5 Å². The number of carboxylic acid groups (broad SMARTS) is 1. The van der Waals surface area contributed by atoms with Crippen LogP contribution in [0, 0.1) is 0 Å². The van der Waals surface area contributed by atoms with Crippen LogP contribution in [0.3, 0.4) is 0 Å². The summed E-state index contributed by atoms with van der Waals surface area (Å²) in [6, 6.07) is 13.8. The van der Waals surface area contributed by atoms with Gasteiger partial charge in [-0.05, 0) is 74.2 Å². The van der Waals surface area contributed by atoms with E-state index in [4.69, 9.17) is 9.40 Å². The van der Waals surface area contributed by atoms with Crippen LogP contribution in [0.25, 0.3) is 28.5 Å². The molecule has 0 spiro atoms. The van der Waals surface area contributed by atoms with Crippen molar-refractivity contribution in [2.24, 2.45) is 0 Å². The zero-order chi connectivity index (χ0) is 28.9. The first kappa shape index (κ1) is 27.9. The molecule has 5 rings (SSSR count). The predicted molar refractivity (Wildman–Crippen MR) is 157 cm³/mol. The predicted octanol–water partition coefficient (Wildman–Crippen LogP) is 6.44. The topological polar surface area (TPSA) is 126 Å². The van der Waals surface area contributed by atoms with E-state index in [0.717, 1.165) is 29.7 Å². The van der Waals surface area contributed by atoms with Gasteiger partial charge in [0.1, 0.15) is 18.1 Å². The molecule has 2 heterocycles. The first-order chi connectivity index (χ1) is 19.8. The van der Waals surface area contributed by atoms with Gasteiger partial charge in [0.25, 0.3) is 5.91 Å². The molecule has 4 aromatic rings. The highest BCUT2D eigenvalue weighted by Crippen LogP contribution is 2.36. The lowest BCUT2D eigenvalue weighted by atomic mass is 9.95. The van der Waals surface area contributed by atoms with Crippen LogP contribution in [-0.2, 0) is 9.59 Å². The minimum absolute atomic E-state index is 0.270. The average molecular weight is 555 g/mol. The molecule has 1 atom stereocenters. The van der Waals surface area contributed by atoms with Crippen molar-refractivity contribution in [3.8, 4) is 11.4 Å². The summed E-state index contributed by atoms with van der Waals surface area (Å²) in [5, 5.41) is 14.9. The molecule has 2 aromatic carbocycles. The number of anilines is 1. The molecule has 2 aromatic heterocycles. The van der Waals surface area contributed by atoms with E-state index in [-0.39, 0.29) is 11.5 Å². The minimum atomic E-state index is -0.977. The molecule has 0 radical (unpaired) electrons. The highest BCUT2D eigenvalue weighted by Gasteiger charge is 2.24. The number of aliphatic carboxylic acids is 1. The standard InChI is InChI=1S/C32H34N4O5/c1-3-22(32(39)40)16-21-8-7-9-25(17-21)34-30(37)20(2)33-31(38)23-12-13-28-27(18-23)35-29(24-14-15-41-19-24)36(28)26-10-5-4-6-11-26/h7-9,12-20,26H,3-6,10-11H2,1-2H3,(H,33,38)(H,34,37)(H,39,40)/b22-16-. The Morgan fingerprint density at radius 1 is 1.12 bits per heavy atom. The SMILES string of the molecule is CC/C(=C/c1cccc(NC(=O)C(C)NC(=O)c2ccc3c(c2)nc(-c2ccoc2)n3C2CCCCC2)c1)C(=O)O. The normalized spacial score (nSPS) is 15.0. The first-order valence-corrected chi connectivity index (χ1v) is 14.0. The third-order valence-electron chi connectivity index (χ3n) is 7.56. The Balaban J connectivity index is 1.31. The van der Waals surface area contributed by atoms with Crippen molar-refractivity contribution in [3.63, 3.8) is 0 Å². The van der Waals surface area contributed by atoms with Crippen LogP contribution in [0.1, 0.15) is 74.3 Å². The van der Waals surface area contributed by atoms with E-state index in [1.807, 2.05) is 12.1 Å². The maximum Gasteiger partial charge on any atom is 0.331 e. The van der Waals surface area contributed by atoms with Crippen molar-refractivity contribution in [1.82, 2.24) is 14.9 Å². The van der Waals surface area contributed by atoms with Gasteiger partial charge in [0.05, 0.1) is 22.9 Å². The molecule has 1 fully saturated rings. The van der Waals surface area contributed by atoms with Gasteiger partial charge in [0.2, 0.25) is 5.91 Å². The van der Waals surface area contributed by atoms with Crippen molar-refractivity contribution >= 4 is 40.6 Å². The van der Waals surface area contributed by atoms with Gasteiger partial charge in [-0.15, -0.1) is 0 Å². The van der Waals surface area contributed by atoms with Gasteiger partial charge in [0.15, 0.2) is 0 Å². The Kier molecular flexibility index (Phi) is 8.33. The number of benzene rings is 2. The van der Waals surface area contributed by atoms with E-state index in [9.17, 15) is 19.5 Å². The molecule has 212 valence electrons. The number of fused-ring (bicyclic) bond motifs is 1. The molecule has 0 bridgehead atoms. The highest BCUT2D eigenvalue weighted by atomic mass is 16.4. The Hall–Kier alpha value is -4.66. The molecule has 1 aliphatic carbocycles. The van der Waals surface area contributed by atoms with Gasteiger partial charge in [-0.1, -0.05) is 38.3 Å². The Bertz CT molecular complexity index is 1600. The monoisotopic (exact) mass is 554 g/mol. The number of amides is 2. The molecule has 0 saturated heterocycles. The molecule has 41 heavy (non-hydrogen) atoms. The molecule has 9 nitrogen and oxygen atoms in total. The minimum Gasteiger partial charge on any atom is -0.478 e. The summed E-state index contributed by atoms with van der Waals surface area (Å²) in [7, 11) is 0. The van der Waals surface area contributed by atoms with Crippen LogP contribution in [0.2, 0.25) is 0 Å². The summed E-state index contributed by atoms with van der Waals surface area (Å²) in [4.78, 5) is 42.3. The number of furan rings is 1. The fraction of sp³-hybridized carbons (Fsp3) is 0.312. The first-order valence-electron chi connectivity index (χ1n) is 14.0. The van der Waals surface area contributed by atoms with Crippen molar-refractivity contribution in [2.75, 3.05) is 5.32 Å². The number of nitrogens with zero attached hydrogens (tertiary/aromatic N) is 2. The van der Waals surface area contributed by atoms with E-state index in [2.05, 4.69) is 15.2 Å². The van der Waals surface area contributed by atoms with Crippen molar-refractivity contribution < 1.29 is 23.9 Å². The lowest BCUT2D eigenvalue weighted by Gasteiger charge is -2.25. The zero-order valence-electron chi connectivity index (χ0n) is 23.2. The van der Waals surface area contributed by atoms with Crippen molar-refractivity contribution in [3.05, 3.63) is 77.8 Å². The molecule has 1 aliphatic rings. The summed E-state index contributed by atoms with van der Waals surface area (Å²) < 4.78 is 7.61. The molecule has 1 saturated carbocycles. The van der Waals surface area contributed by atoms with E-state index >= 15 is 0 Å². The fourth-order valence-corrected chi connectivity index (χ4v) is 5.36. The Morgan fingerprint density at radius 3 is 2.63 bits per heavy atom. The number of hydrogen-bond donors (Lipinski definition) is 3. The smallest absolute Gasteiger partial charge is 0.331 e. The highest BCUT2D eigenvalue weighted by molar-refractivity contribution is 6.02. The molecule has 2 amide bonds. The lowest BCUT2D eigenvalue weighted by molar-refractivity contribution is -0.132. The van der Waals surface area contributed by atoms with Crippen LogP contribution < -0.4 is 10.6 Å². The van der Waals surface area contributed by atoms with E-state index in [0.29, 0.717) is 34.8 Å². The molecule has 9 heteroatoms. The van der Waals surface area contributed by atoms with Crippen LogP contribution >= 0.6 is 0 Å². The van der Waals surface area contributed by atoms with Gasteiger partial charge < -0.3 is 24.7 Å². The van der Waals surface area contributed by atoms with Gasteiger partial charge in [-0.3, -0.25) is 9.59 Å². The summed E-state index contributed by atoms with van der Waals surface area (Å²) in [5.41, 5.74) is 4.44. The third-order valence-corrected chi connectivity index (χ3v) is 7.56. The molecule has 3 N–H and O–H groups in total. The largest absolute Gasteiger partial charge is 0.478 e. The maximum atomic E-state index is 13.1. The van der Waals surface area contributed by atoms with Crippen LogP contribution in [0.15, 0.2) is 71.0 Å². The molecule has 0 aliphatic heterocycles. The third kappa shape index (κ3) is 6.24. The fourth-order valence-electron chi connectivity index (χ4n) is 5.36. The van der Waals surface area contributed by atoms with E-state index in [1.165, 1.54) is 19.3 Å².